The third-order valence-electron chi connectivity index (χ3n) is 4.77. The first-order chi connectivity index (χ1) is 12.9. The third-order valence-corrected chi connectivity index (χ3v) is 5.01. The summed E-state index contributed by atoms with van der Waals surface area (Å²) in [6.07, 6.45) is 2.15. The van der Waals surface area contributed by atoms with Crippen LogP contribution in [-0.4, -0.2) is 23.9 Å². The number of carbonyl (C=O) groups is 1. The molecule has 1 N–H and O–H groups in total. The lowest BCUT2D eigenvalue weighted by atomic mass is 9.99. The summed E-state index contributed by atoms with van der Waals surface area (Å²) in [5, 5.41) is 14.9. The maximum absolute atomic E-state index is 12.4. The van der Waals surface area contributed by atoms with Gasteiger partial charge in [0, 0.05) is 36.3 Å². The number of halogens is 1. The Bertz CT molecular complexity index is 856. The molecule has 0 saturated carbocycles. The highest BCUT2D eigenvalue weighted by atomic mass is 35.5. The number of hydrogen-bond acceptors (Lipinski definition) is 4. The molecule has 0 aliphatic carbocycles. The summed E-state index contributed by atoms with van der Waals surface area (Å²) in [7, 11) is 0. The normalized spacial score (nSPS) is 16.8. The molecule has 1 aliphatic heterocycles. The van der Waals surface area contributed by atoms with E-state index < -0.39 is 4.92 Å². The smallest absolute Gasteiger partial charge is 0.293 e. The van der Waals surface area contributed by atoms with Crippen molar-refractivity contribution in [3.63, 3.8) is 0 Å². The van der Waals surface area contributed by atoms with Crippen LogP contribution < -0.4 is 10.2 Å². The average molecular weight is 388 g/mol. The molecule has 1 amide bonds. The summed E-state index contributed by atoms with van der Waals surface area (Å²) in [5.74, 6) is 0.149. The molecule has 1 aliphatic rings. The Labute approximate surface area is 163 Å². The Hall–Kier alpha value is -2.60. The van der Waals surface area contributed by atoms with Crippen molar-refractivity contribution in [1.29, 1.82) is 0 Å². The molecule has 3 rings (SSSR count). The van der Waals surface area contributed by atoms with E-state index >= 15 is 0 Å². The topological polar surface area (TPSA) is 75.5 Å². The van der Waals surface area contributed by atoms with Gasteiger partial charge >= 0.3 is 0 Å². The van der Waals surface area contributed by atoms with E-state index in [-0.39, 0.29) is 17.2 Å². The van der Waals surface area contributed by atoms with Crippen LogP contribution in [0, 0.1) is 16.0 Å². The first-order valence-corrected chi connectivity index (χ1v) is 9.38. The van der Waals surface area contributed by atoms with Crippen molar-refractivity contribution in [1.82, 2.24) is 5.32 Å². The van der Waals surface area contributed by atoms with Gasteiger partial charge in [-0.2, -0.15) is 0 Å². The number of anilines is 1. The zero-order valence-electron chi connectivity index (χ0n) is 15.2. The molecule has 1 unspecified atom stereocenters. The quantitative estimate of drug-likeness (QED) is 0.608. The minimum absolute atomic E-state index is 0.0282. The zero-order valence-corrected chi connectivity index (χ0v) is 15.9. The molecule has 6 nitrogen and oxygen atoms in total. The van der Waals surface area contributed by atoms with E-state index in [9.17, 15) is 14.9 Å². The van der Waals surface area contributed by atoms with Crippen LogP contribution in [0.25, 0.3) is 0 Å². The molecular weight excluding hydrogens is 366 g/mol. The van der Waals surface area contributed by atoms with Crippen molar-refractivity contribution in [2.45, 2.75) is 26.3 Å². The molecule has 1 atom stereocenters. The van der Waals surface area contributed by atoms with Crippen LogP contribution in [0.1, 0.15) is 35.7 Å². The molecule has 0 bridgehead atoms. The number of nitro benzene ring substituents is 1. The summed E-state index contributed by atoms with van der Waals surface area (Å²) >= 11 is 5.94. The Kier molecular flexibility index (Phi) is 5.96. The zero-order chi connectivity index (χ0) is 19.4. The summed E-state index contributed by atoms with van der Waals surface area (Å²) in [6.45, 7) is 4.04. The monoisotopic (exact) mass is 387 g/mol. The SMILES string of the molecule is CC1CCCN(c2ccc(C(=O)NCc3cccc(Cl)c3)cc2[N+](=O)[O-])C1. The first-order valence-electron chi connectivity index (χ1n) is 9.00. The molecule has 27 heavy (non-hydrogen) atoms. The molecule has 0 radical (unpaired) electrons. The Morgan fingerprint density at radius 1 is 1.33 bits per heavy atom. The van der Waals surface area contributed by atoms with Crippen LogP contribution in [0.5, 0.6) is 0 Å². The van der Waals surface area contributed by atoms with Gasteiger partial charge in [0.05, 0.1) is 4.92 Å². The maximum atomic E-state index is 12.4. The van der Waals surface area contributed by atoms with Crippen molar-refractivity contribution in [2.75, 3.05) is 18.0 Å². The number of hydrogen-bond donors (Lipinski definition) is 1. The summed E-state index contributed by atoms with van der Waals surface area (Å²) < 4.78 is 0. The maximum Gasteiger partial charge on any atom is 0.293 e. The minimum atomic E-state index is -0.414. The highest BCUT2D eigenvalue weighted by Gasteiger charge is 2.25. The van der Waals surface area contributed by atoms with E-state index in [0.29, 0.717) is 23.2 Å². The van der Waals surface area contributed by atoms with Crippen molar-refractivity contribution in [2.24, 2.45) is 5.92 Å². The van der Waals surface area contributed by atoms with Crippen LogP contribution >= 0.6 is 11.6 Å². The van der Waals surface area contributed by atoms with Gasteiger partial charge in [-0.05, 0) is 48.6 Å². The van der Waals surface area contributed by atoms with Gasteiger partial charge < -0.3 is 10.2 Å². The van der Waals surface area contributed by atoms with Gasteiger partial charge in [-0.15, -0.1) is 0 Å². The predicted molar refractivity (Wildman–Crippen MR) is 106 cm³/mol. The Morgan fingerprint density at radius 2 is 2.15 bits per heavy atom. The van der Waals surface area contributed by atoms with Gasteiger partial charge in [-0.3, -0.25) is 14.9 Å². The van der Waals surface area contributed by atoms with Crippen molar-refractivity contribution < 1.29 is 9.72 Å². The largest absolute Gasteiger partial charge is 0.366 e. The summed E-state index contributed by atoms with van der Waals surface area (Å²) in [4.78, 5) is 25.6. The predicted octanol–water partition coefficient (Wildman–Crippen LogP) is 4.41. The highest BCUT2D eigenvalue weighted by molar-refractivity contribution is 6.30. The van der Waals surface area contributed by atoms with Crippen LogP contribution in [-0.2, 0) is 6.54 Å². The van der Waals surface area contributed by atoms with Gasteiger partial charge in [-0.1, -0.05) is 30.7 Å². The van der Waals surface area contributed by atoms with E-state index in [2.05, 4.69) is 12.2 Å². The molecule has 2 aromatic rings. The molecule has 1 heterocycles. The molecule has 0 spiro atoms. The van der Waals surface area contributed by atoms with E-state index in [1.165, 1.54) is 6.07 Å². The molecule has 1 fully saturated rings. The van der Waals surface area contributed by atoms with Crippen LogP contribution in [0.2, 0.25) is 5.02 Å². The second-order valence-corrected chi connectivity index (χ2v) is 7.40. The number of amides is 1. The molecule has 0 aromatic heterocycles. The van der Waals surface area contributed by atoms with E-state index in [1.807, 2.05) is 17.0 Å². The van der Waals surface area contributed by atoms with Gasteiger partial charge in [0.15, 0.2) is 0 Å². The number of benzene rings is 2. The van der Waals surface area contributed by atoms with Crippen LogP contribution in [0.3, 0.4) is 0 Å². The standard InChI is InChI=1S/C20H22ClN3O3/c1-14-4-3-9-23(13-14)18-8-7-16(11-19(18)24(26)27)20(25)22-12-15-5-2-6-17(21)10-15/h2,5-8,10-11,14H,3-4,9,12-13H2,1H3,(H,22,25). The number of nitrogens with zero attached hydrogens (tertiary/aromatic N) is 2. The van der Waals surface area contributed by atoms with Gasteiger partial charge in [-0.25, -0.2) is 0 Å². The third kappa shape index (κ3) is 4.77. The van der Waals surface area contributed by atoms with Crippen LogP contribution in [0.4, 0.5) is 11.4 Å². The minimum Gasteiger partial charge on any atom is -0.366 e. The van der Waals surface area contributed by atoms with Crippen molar-refractivity contribution >= 4 is 28.9 Å². The number of piperidine rings is 1. The number of nitro groups is 1. The lowest BCUT2D eigenvalue weighted by molar-refractivity contribution is -0.384. The lowest BCUT2D eigenvalue weighted by Crippen LogP contribution is -2.34. The fourth-order valence-electron chi connectivity index (χ4n) is 3.42. The first kappa shape index (κ1) is 19.2. The fourth-order valence-corrected chi connectivity index (χ4v) is 3.63. The molecular formula is C20H22ClN3O3. The van der Waals surface area contributed by atoms with Gasteiger partial charge in [0.2, 0.25) is 0 Å². The Balaban J connectivity index is 1.76. The second kappa shape index (κ2) is 8.39. The second-order valence-electron chi connectivity index (χ2n) is 6.97. The van der Waals surface area contributed by atoms with Crippen molar-refractivity contribution in [3.05, 3.63) is 68.7 Å². The summed E-state index contributed by atoms with van der Waals surface area (Å²) in [6, 6.07) is 11.9. The highest BCUT2D eigenvalue weighted by Crippen LogP contribution is 2.32. The summed E-state index contributed by atoms with van der Waals surface area (Å²) in [5.41, 5.74) is 1.69. The van der Waals surface area contributed by atoms with Gasteiger partial charge in [0.1, 0.15) is 5.69 Å². The number of rotatable bonds is 5. The van der Waals surface area contributed by atoms with E-state index in [4.69, 9.17) is 11.6 Å². The fraction of sp³-hybridized carbons (Fsp3) is 0.350. The van der Waals surface area contributed by atoms with E-state index in [1.54, 1.807) is 24.3 Å². The average Bonchev–Trinajstić information content (AvgIpc) is 2.65. The molecule has 1 saturated heterocycles. The molecule has 142 valence electrons. The number of nitrogens with one attached hydrogen (secondary N) is 1. The molecule has 2 aromatic carbocycles. The Morgan fingerprint density at radius 3 is 2.85 bits per heavy atom. The van der Waals surface area contributed by atoms with E-state index in [0.717, 1.165) is 31.5 Å². The van der Waals surface area contributed by atoms with Gasteiger partial charge in [0.25, 0.3) is 11.6 Å². The number of carbonyl (C=O) groups excluding carboxylic acids is 1. The lowest BCUT2D eigenvalue weighted by Gasteiger charge is -2.32. The van der Waals surface area contributed by atoms with Crippen LogP contribution in [0.15, 0.2) is 42.5 Å². The molecule has 7 heteroatoms. The van der Waals surface area contributed by atoms with Crippen molar-refractivity contribution in [3.8, 4) is 0 Å².